The first kappa shape index (κ1) is 15.8. The minimum Gasteiger partial charge on any atom is -0.507 e. The van der Waals surface area contributed by atoms with Gasteiger partial charge >= 0.3 is 0 Å². The van der Waals surface area contributed by atoms with Crippen LogP contribution < -0.4 is 5.32 Å². The largest absolute Gasteiger partial charge is 0.507 e. The topological polar surface area (TPSA) is 66.4 Å². The Bertz CT molecular complexity index is 813. The number of amides is 1. The number of halogens is 2. The van der Waals surface area contributed by atoms with Crippen LogP contribution in [0.2, 0.25) is 5.02 Å². The van der Waals surface area contributed by atoms with Crippen molar-refractivity contribution in [3.8, 4) is 0 Å². The Balaban J connectivity index is 2.10. The number of aliphatic hydroxyl groups excluding tert-OH is 1. The molecule has 1 aliphatic heterocycles. The summed E-state index contributed by atoms with van der Waals surface area (Å²) in [5.74, 6) is -1.68. The van der Waals surface area contributed by atoms with Gasteiger partial charge in [0, 0.05) is 15.1 Å². The summed E-state index contributed by atoms with van der Waals surface area (Å²) in [5, 5.41) is 13.6. The molecule has 2 N–H and O–H groups in total. The highest BCUT2D eigenvalue weighted by atomic mass is 79.9. The molecular formula is C17H11BrClNO3. The summed E-state index contributed by atoms with van der Waals surface area (Å²) in [6.07, 6.45) is 0. The van der Waals surface area contributed by atoms with Crippen LogP contribution in [0.3, 0.4) is 0 Å². The van der Waals surface area contributed by atoms with E-state index in [-0.39, 0.29) is 11.3 Å². The molecule has 116 valence electrons. The molecule has 0 radical (unpaired) electrons. The average molecular weight is 393 g/mol. The molecule has 2 aromatic carbocycles. The number of rotatable bonds is 2. The van der Waals surface area contributed by atoms with Crippen LogP contribution in [-0.4, -0.2) is 16.8 Å². The molecule has 1 amide bonds. The van der Waals surface area contributed by atoms with Crippen molar-refractivity contribution in [2.24, 2.45) is 0 Å². The summed E-state index contributed by atoms with van der Waals surface area (Å²) >= 11 is 9.17. The first-order chi connectivity index (χ1) is 11.0. The standard InChI is InChI=1S/C17H11BrClNO3/c18-11-5-1-9(2-6-11)14-13(16(22)17(23)20-14)15(21)10-3-7-12(19)8-4-10/h1-8,14,21H,(H,20,23)/b15-13+. The lowest BCUT2D eigenvalue weighted by molar-refractivity contribution is -0.133. The van der Waals surface area contributed by atoms with Crippen molar-refractivity contribution < 1.29 is 14.7 Å². The van der Waals surface area contributed by atoms with Gasteiger partial charge in [-0.3, -0.25) is 9.59 Å². The van der Waals surface area contributed by atoms with E-state index in [0.29, 0.717) is 16.1 Å². The predicted octanol–water partition coefficient (Wildman–Crippen LogP) is 3.81. The van der Waals surface area contributed by atoms with Crippen LogP contribution in [0.4, 0.5) is 0 Å². The molecule has 6 heteroatoms. The van der Waals surface area contributed by atoms with Gasteiger partial charge in [-0.1, -0.05) is 39.7 Å². The summed E-state index contributed by atoms with van der Waals surface area (Å²) in [7, 11) is 0. The van der Waals surface area contributed by atoms with Crippen molar-refractivity contribution in [2.45, 2.75) is 6.04 Å². The van der Waals surface area contributed by atoms with Gasteiger partial charge < -0.3 is 10.4 Å². The monoisotopic (exact) mass is 391 g/mol. The molecule has 0 bridgehead atoms. The Morgan fingerprint density at radius 1 is 1.04 bits per heavy atom. The number of aliphatic hydroxyl groups is 1. The fourth-order valence-corrected chi connectivity index (χ4v) is 2.83. The van der Waals surface area contributed by atoms with E-state index in [1.54, 1.807) is 48.5 Å². The maximum Gasteiger partial charge on any atom is 0.293 e. The number of benzene rings is 2. The van der Waals surface area contributed by atoms with E-state index in [1.165, 1.54) is 0 Å². The highest BCUT2D eigenvalue weighted by molar-refractivity contribution is 9.10. The van der Waals surface area contributed by atoms with Crippen molar-refractivity contribution in [2.75, 3.05) is 0 Å². The van der Waals surface area contributed by atoms with Crippen LogP contribution in [0.5, 0.6) is 0 Å². The fraction of sp³-hybridized carbons (Fsp3) is 0.0588. The second-order valence-corrected chi connectivity index (χ2v) is 6.41. The predicted molar refractivity (Wildman–Crippen MR) is 91.0 cm³/mol. The van der Waals surface area contributed by atoms with Crippen molar-refractivity contribution in [3.63, 3.8) is 0 Å². The van der Waals surface area contributed by atoms with E-state index in [2.05, 4.69) is 21.2 Å². The number of ketones is 1. The third-order valence-corrected chi connectivity index (χ3v) is 4.37. The van der Waals surface area contributed by atoms with Gasteiger partial charge in [-0.15, -0.1) is 0 Å². The van der Waals surface area contributed by atoms with Crippen LogP contribution in [0.15, 0.2) is 58.6 Å². The minimum atomic E-state index is -0.731. The molecule has 1 saturated heterocycles. The molecule has 1 fully saturated rings. The van der Waals surface area contributed by atoms with E-state index < -0.39 is 17.7 Å². The number of Topliss-reactive ketones (excluding diaryl/α,β-unsaturated/α-hetero) is 1. The molecule has 1 heterocycles. The Kier molecular flexibility index (Phi) is 4.24. The lowest BCUT2D eigenvalue weighted by Gasteiger charge is -2.13. The summed E-state index contributed by atoms with van der Waals surface area (Å²) in [6.45, 7) is 0. The number of hydrogen-bond donors (Lipinski definition) is 2. The molecule has 0 aliphatic carbocycles. The van der Waals surface area contributed by atoms with E-state index in [0.717, 1.165) is 4.47 Å². The van der Waals surface area contributed by atoms with Crippen molar-refractivity contribution in [1.29, 1.82) is 0 Å². The average Bonchev–Trinajstić information content (AvgIpc) is 2.84. The van der Waals surface area contributed by atoms with E-state index in [1.807, 2.05) is 0 Å². The van der Waals surface area contributed by atoms with Gasteiger partial charge in [0.25, 0.3) is 11.7 Å². The third kappa shape index (κ3) is 3.02. The van der Waals surface area contributed by atoms with Crippen LogP contribution in [0.1, 0.15) is 17.2 Å². The summed E-state index contributed by atoms with van der Waals surface area (Å²) in [6, 6.07) is 12.9. The Hall–Kier alpha value is -2.11. The lowest BCUT2D eigenvalue weighted by atomic mass is 9.96. The molecule has 0 aromatic heterocycles. The highest BCUT2D eigenvalue weighted by Gasteiger charge is 2.39. The van der Waals surface area contributed by atoms with Crippen LogP contribution in [-0.2, 0) is 9.59 Å². The summed E-state index contributed by atoms with van der Waals surface area (Å²) < 4.78 is 0.879. The van der Waals surface area contributed by atoms with E-state index in [9.17, 15) is 14.7 Å². The quantitative estimate of drug-likeness (QED) is 0.464. The van der Waals surface area contributed by atoms with Crippen LogP contribution in [0.25, 0.3) is 5.76 Å². The smallest absolute Gasteiger partial charge is 0.293 e. The molecule has 1 aliphatic rings. The lowest BCUT2D eigenvalue weighted by Crippen LogP contribution is -2.21. The number of carbonyl (C=O) groups excluding carboxylic acids is 2. The maximum absolute atomic E-state index is 12.2. The molecule has 1 atom stereocenters. The van der Waals surface area contributed by atoms with Gasteiger partial charge in [0.15, 0.2) is 0 Å². The van der Waals surface area contributed by atoms with Crippen LogP contribution >= 0.6 is 27.5 Å². The molecular weight excluding hydrogens is 382 g/mol. The Labute approximate surface area is 145 Å². The number of carbonyl (C=O) groups is 2. The normalized spacial score (nSPS) is 19.7. The maximum atomic E-state index is 12.2. The fourth-order valence-electron chi connectivity index (χ4n) is 2.43. The van der Waals surface area contributed by atoms with Gasteiger partial charge in [0.2, 0.25) is 0 Å². The molecule has 0 saturated carbocycles. The van der Waals surface area contributed by atoms with Gasteiger partial charge in [-0.25, -0.2) is 0 Å². The van der Waals surface area contributed by atoms with Crippen molar-refractivity contribution in [1.82, 2.24) is 5.32 Å². The number of nitrogens with one attached hydrogen (secondary N) is 1. The highest BCUT2D eigenvalue weighted by Crippen LogP contribution is 2.33. The van der Waals surface area contributed by atoms with Gasteiger partial charge in [-0.2, -0.15) is 0 Å². The van der Waals surface area contributed by atoms with E-state index in [4.69, 9.17) is 11.6 Å². The molecule has 3 rings (SSSR count). The SMILES string of the molecule is O=C1NC(c2ccc(Br)cc2)/C(=C(\O)c2ccc(Cl)cc2)C1=O. The zero-order valence-corrected chi connectivity index (χ0v) is 14.1. The number of hydrogen-bond acceptors (Lipinski definition) is 3. The van der Waals surface area contributed by atoms with Crippen molar-refractivity contribution in [3.05, 3.63) is 74.7 Å². The molecule has 2 aromatic rings. The van der Waals surface area contributed by atoms with Gasteiger partial charge in [0.1, 0.15) is 5.76 Å². The molecule has 0 spiro atoms. The first-order valence-electron chi connectivity index (χ1n) is 6.77. The second kappa shape index (κ2) is 6.18. The zero-order valence-electron chi connectivity index (χ0n) is 11.7. The first-order valence-corrected chi connectivity index (χ1v) is 7.94. The van der Waals surface area contributed by atoms with E-state index >= 15 is 0 Å². The van der Waals surface area contributed by atoms with Gasteiger partial charge in [-0.05, 0) is 42.0 Å². The molecule has 1 unspecified atom stereocenters. The Morgan fingerprint density at radius 3 is 2.26 bits per heavy atom. The zero-order chi connectivity index (χ0) is 16.6. The molecule has 23 heavy (non-hydrogen) atoms. The molecule has 4 nitrogen and oxygen atoms in total. The van der Waals surface area contributed by atoms with Crippen LogP contribution in [0, 0.1) is 0 Å². The van der Waals surface area contributed by atoms with Crippen molar-refractivity contribution >= 4 is 45.0 Å². The summed E-state index contributed by atoms with van der Waals surface area (Å²) in [4.78, 5) is 24.0. The third-order valence-electron chi connectivity index (χ3n) is 3.59. The Morgan fingerprint density at radius 2 is 1.65 bits per heavy atom. The van der Waals surface area contributed by atoms with Gasteiger partial charge in [0.05, 0.1) is 11.6 Å². The summed E-state index contributed by atoms with van der Waals surface area (Å²) in [5.41, 5.74) is 1.18. The minimum absolute atomic E-state index is 0.0413. The second-order valence-electron chi connectivity index (χ2n) is 5.06.